The molecular formula is C5H9IO3. The number of hydrogen-bond acceptors (Lipinski definition) is 3. The van der Waals surface area contributed by atoms with Gasteiger partial charge < -0.3 is 9.47 Å². The number of methoxy groups -OCH3 is 1. The van der Waals surface area contributed by atoms with Crippen molar-refractivity contribution in [1.82, 2.24) is 0 Å². The van der Waals surface area contributed by atoms with Gasteiger partial charge in [-0.15, -0.1) is 0 Å². The van der Waals surface area contributed by atoms with Crippen molar-refractivity contribution in [3.05, 3.63) is 0 Å². The van der Waals surface area contributed by atoms with E-state index < -0.39 is 6.16 Å². The molecule has 9 heavy (non-hydrogen) atoms. The Labute approximate surface area is 67.8 Å². The number of carbonyl (C=O) groups excluding carboxylic acids is 1. The number of carbonyl (C=O) groups is 1. The molecule has 0 aliphatic rings. The van der Waals surface area contributed by atoms with Gasteiger partial charge in [0.2, 0.25) is 0 Å². The summed E-state index contributed by atoms with van der Waals surface area (Å²) in [5.74, 6) is 0. The number of halogens is 1. The van der Waals surface area contributed by atoms with E-state index in [1.165, 1.54) is 7.11 Å². The van der Waals surface area contributed by atoms with Gasteiger partial charge in [-0.2, -0.15) is 0 Å². The normalized spacial score (nSPS) is 8.67. The van der Waals surface area contributed by atoms with Crippen molar-refractivity contribution in [3.8, 4) is 0 Å². The van der Waals surface area contributed by atoms with Crippen LogP contribution in [0.2, 0.25) is 0 Å². The van der Waals surface area contributed by atoms with Crippen molar-refractivity contribution in [3.63, 3.8) is 0 Å². The Kier molecular flexibility index (Phi) is 6.12. The van der Waals surface area contributed by atoms with Crippen LogP contribution in [-0.4, -0.2) is 24.3 Å². The molecule has 0 amide bonds. The second kappa shape index (κ2) is 6.12. The second-order valence-electron chi connectivity index (χ2n) is 1.35. The maximum Gasteiger partial charge on any atom is 0.507 e. The smallest absolute Gasteiger partial charge is 0.438 e. The highest BCUT2D eigenvalue weighted by Gasteiger charge is 1.96. The summed E-state index contributed by atoms with van der Waals surface area (Å²) >= 11 is 2.21. The van der Waals surface area contributed by atoms with Crippen molar-refractivity contribution < 1.29 is 14.3 Å². The van der Waals surface area contributed by atoms with Gasteiger partial charge in [-0.3, -0.25) is 0 Å². The van der Waals surface area contributed by atoms with Crippen molar-refractivity contribution in [2.24, 2.45) is 0 Å². The topological polar surface area (TPSA) is 35.5 Å². The highest BCUT2D eigenvalue weighted by molar-refractivity contribution is 14.1. The van der Waals surface area contributed by atoms with E-state index in [-0.39, 0.29) is 0 Å². The van der Waals surface area contributed by atoms with Gasteiger partial charge >= 0.3 is 6.16 Å². The summed E-state index contributed by atoms with van der Waals surface area (Å²) in [5.41, 5.74) is 0. The van der Waals surface area contributed by atoms with E-state index >= 15 is 0 Å². The minimum absolute atomic E-state index is 0.454. The Bertz CT molecular complexity index is 84.3. The van der Waals surface area contributed by atoms with Crippen molar-refractivity contribution in [2.45, 2.75) is 6.42 Å². The number of rotatable bonds is 3. The zero-order valence-corrected chi connectivity index (χ0v) is 7.38. The van der Waals surface area contributed by atoms with Crippen LogP contribution in [0.15, 0.2) is 0 Å². The molecule has 54 valence electrons. The third-order valence-corrected chi connectivity index (χ3v) is 1.43. The SMILES string of the molecule is COC(=O)OCCCI. The Morgan fingerprint density at radius 2 is 2.33 bits per heavy atom. The van der Waals surface area contributed by atoms with Gasteiger partial charge in [-0.1, -0.05) is 22.6 Å². The lowest BCUT2D eigenvalue weighted by Gasteiger charge is -1.98. The summed E-state index contributed by atoms with van der Waals surface area (Å²) < 4.78 is 9.79. The zero-order chi connectivity index (χ0) is 7.11. The van der Waals surface area contributed by atoms with Crippen molar-refractivity contribution >= 4 is 28.7 Å². The van der Waals surface area contributed by atoms with Gasteiger partial charge in [-0.25, -0.2) is 4.79 Å². The van der Waals surface area contributed by atoms with E-state index in [9.17, 15) is 4.79 Å². The molecule has 0 atom stereocenters. The van der Waals surface area contributed by atoms with Crippen LogP contribution in [0, 0.1) is 0 Å². The highest BCUT2D eigenvalue weighted by Crippen LogP contribution is 1.90. The largest absolute Gasteiger partial charge is 0.507 e. The van der Waals surface area contributed by atoms with Gasteiger partial charge in [0.05, 0.1) is 13.7 Å². The molecule has 0 spiro atoms. The van der Waals surface area contributed by atoms with Crippen molar-refractivity contribution in [1.29, 1.82) is 0 Å². The average Bonchev–Trinajstić information content (AvgIpc) is 1.89. The van der Waals surface area contributed by atoms with Crippen molar-refractivity contribution in [2.75, 3.05) is 18.1 Å². The molecule has 0 saturated carbocycles. The quantitative estimate of drug-likeness (QED) is 0.327. The maximum atomic E-state index is 10.2. The minimum atomic E-state index is -0.597. The summed E-state index contributed by atoms with van der Waals surface area (Å²) in [7, 11) is 1.30. The highest BCUT2D eigenvalue weighted by atomic mass is 127. The van der Waals surface area contributed by atoms with Crippen LogP contribution in [0.3, 0.4) is 0 Å². The molecule has 0 aliphatic carbocycles. The Morgan fingerprint density at radius 3 is 2.78 bits per heavy atom. The predicted molar refractivity (Wildman–Crippen MR) is 41.9 cm³/mol. The summed E-state index contributed by atoms with van der Waals surface area (Å²) in [5, 5.41) is 0. The maximum absolute atomic E-state index is 10.2. The lowest BCUT2D eigenvalue weighted by Crippen LogP contribution is -2.05. The molecule has 0 bridgehead atoms. The molecule has 0 N–H and O–H groups in total. The zero-order valence-electron chi connectivity index (χ0n) is 5.22. The molecule has 0 saturated heterocycles. The summed E-state index contributed by atoms with van der Waals surface area (Å²) in [6.07, 6.45) is 0.287. The molecule has 0 aromatic rings. The molecular weight excluding hydrogens is 235 g/mol. The lowest BCUT2D eigenvalue weighted by molar-refractivity contribution is 0.0732. The second-order valence-corrected chi connectivity index (χ2v) is 2.42. The van der Waals surface area contributed by atoms with Crippen LogP contribution < -0.4 is 0 Å². The molecule has 3 nitrogen and oxygen atoms in total. The Balaban J connectivity index is 2.97. The molecule has 0 fully saturated rings. The van der Waals surface area contributed by atoms with Crippen LogP contribution >= 0.6 is 22.6 Å². The van der Waals surface area contributed by atoms with Crippen LogP contribution in [0.5, 0.6) is 0 Å². The third kappa shape index (κ3) is 5.88. The van der Waals surface area contributed by atoms with E-state index in [2.05, 4.69) is 32.1 Å². The standard InChI is InChI=1S/C5H9IO3/c1-8-5(7)9-4-2-3-6/h2-4H2,1H3. The predicted octanol–water partition coefficient (Wildman–Crippen LogP) is 1.59. The van der Waals surface area contributed by atoms with E-state index in [1.54, 1.807) is 0 Å². The minimum Gasteiger partial charge on any atom is -0.438 e. The van der Waals surface area contributed by atoms with Gasteiger partial charge in [0.15, 0.2) is 0 Å². The fourth-order valence-electron chi connectivity index (χ4n) is 0.269. The first kappa shape index (κ1) is 9.00. The number of ether oxygens (including phenoxy) is 2. The molecule has 0 aromatic heterocycles. The molecule has 0 radical (unpaired) electrons. The average molecular weight is 244 g/mol. The molecule has 0 rings (SSSR count). The number of hydrogen-bond donors (Lipinski definition) is 0. The first-order valence-corrected chi connectivity index (χ1v) is 4.10. The van der Waals surface area contributed by atoms with Gasteiger partial charge in [0.25, 0.3) is 0 Å². The number of alkyl halides is 1. The summed E-state index contributed by atoms with van der Waals surface area (Å²) in [6.45, 7) is 0.454. The van der Waals surface area contributed by atoms with E-state index in [1.807, 2.05) is 0 Å². The van der Waals surface area contributed by atoms with Crippen LogP contribution in [0.25, 0.3) is 0 Å². The lowest BCUT2D eigenvalue weighted by atomic mass is 10.5. The molecule has 4 heteroatoms. The monoisotopic (exact) mass is 244 g/mol. The molecule has 0 unspecified atom stereocenters. The third-order valence-electron chi connectivity index (χ3n) is 0.665. The van der Waals surface area contributed by atoms with Crippen LogP contribution in [-0.2, 0) is 9.47 Å². The molecule has 0 aromatic carbocycles. The van der Waals surface area contributed by atoms with E-state index in [0.717, 1.165) is 10.8 Å². The first-order chi connectivity index (χ1) is 4.31. The summed E-state index contributed by atoms with van der Waals surface area (Å²) in [4.78, 5) is 10.2. The molecule has 0 aliphatic heterocycles. The van der Waals surface area contributed by atoms with Crippen LogP contribution in [0.4, 0.5) is 4.79 Å². The first-order valence-electron chi connectivity index (χ1n) is 2.58. The fourth-order valence-corrected chi connectivity index (χ4v) is 0.580. The Morgan fingerprint density at radius 1 is 1.67 bits per heavy atom. The van der Waals surface area contributed by atoms with Gasteiger partial charge in [0.1, 0.15) is 0 Å². The van der Waals surface area contributed by atoms with Gasteiger partial charge in [0, 0.05) is 4.43 Å². The summed E-state index contributed by atoms with van der Waals surface area (Å²) in [6, 6.07) is 0. The Hall–Kier alpha value is 0. The van der Waals surface area contributed by atoms with Gasteiger partial charge in [-0.05, 0) is 6.42 Å². The fraction of sp³-hybridized carbons (Fsp3) is 0.800. The molecule has 0 heterocycles. The van der Waals surface area contributed by atoms with Crippen LogP contribution in [0.1, 0.15) is 6.42 Å². The van der Waals surface area contributed by atoms with E-state index in [4.69, 9.17) is 0 Å². The van der Waals surface area contributed by atoms with E-state index in [0.29, 0.717) is 6.61 Å².